The molecule has 0 N–H and O–H groups in total. The number of benzene rings is 10. The lowest BCUT2D eigenvalue weighted by Gasteiger charge is -2.17. The fourth-order valence-electron chi connectivity index (χ4n) is 10.0. The zero-order valence-electron chi connectivity index (χ0n) is 34.7. The monoisotopic (exact) mass is 811 g/mol. The van der Waals surface area contributed by atoms with Crippen molar-refractivity contribution >= 4 is 64.6 Å². The zero-order chi connectivity index (χ0) is 42.1. The van der Waals surface area contributed by atoms with E-state index in [1.165, 1.54) is 75.8 Å². The molecule has 0 radical (unpaired) electrons. The van der Waals surface area contributed by atoms with Gasteiger partial charge in [-0.2, -0.15) is 0 Å². The molecule has 0 aliphatic rings. The highest BCUT2D eigenvalue weighted by Gasteiger charge is 2.17. The standard InChI is InChI=1S/C61H37N3/c1-2-10-43(11-3-1)61-63-55(36-56(64-61)47-18-5-16-45(33-47)49-19-9-31-62-37-49)39-25-23-38(24-26-39)44-15-4-17-46(32-44)50-34-48-30-29-42-13-7-21-52-51-20-6-12-40-27-28-41-14-8-22-53(59(41)57(40)51)54(35-50)60(48)58(42)52/h1-37H. The van der Waals surface area contributed by atoms with Crippen molar-refractivity contribution in [2.45, 2.75) is 0 Å². The molecule has 2 heterocycles. The van der Waals surface area contributed by atoms with Crippen LogP contribution < -0.4 is 0 Å². The number of pyridine rings is 1. The molecule has 0 aliphatic carbocycles. The molecule has 296 valence electrons. The highest BCUT2D eigenvalue weighted by Crippen LogP contribution is 2.45. The maximum absolute atomic E-state index is 5.13. The first kappa shape index (κ1) is 36.2. The van der Waals surface area contributed by atoms with Gasteiger partial charge in [-0.3, -0.25) is 4.98 Å². The molecule has 0 fully saturated rings. The second-order valence-corrected chi connectivity index (χ2v) is 16.8. The number of nitrogens with zero attached hydrogens (tertiary/aromatic N) is 3. The molecule has 0 amide bonds. The van der Waals surface area contributed by atoms with Crippen LogP contribution in [0.3, 0.4) is 0 Å². The van der Waals surface area contributed by atoms with Crippen molar-refractivity contribution in [3.8, 4) is 67.3 Å². The van der Waals surface area contributed by atoms with Crippen LogP contribution in [-0.2, 0) is 0 Å². The number of fused-ring (bicyclic) bond motifs is 2. The Hall–Kier alpha value is -8.53. The summed E-state index contributed by atoms with van der Waals surface area (Å²) in [4.78, 5) is 14.6. The van der Waals surface area contributed by atoms with Crippen molar-refractivity contribution in [3.05, 3.63) is 225 Å². The minimum atomic E-state index is 0.693. The fraction of sp³-hybridized carbons (Fsp3) is 0. The lowest BCUT2D eigenvalue weighted by Crippen LogP contribution is -1.96. The molecule has 13 rings (SSSR count). The predicted octanol–water partition coefficient (Wildman–Crippen LogP) is 16.2. The van der Waals surface area contributed by atoms with E-state index in [4.69, 9.17) is 9.97 Å². The average molecular weight is 812 g/mol. The van der Waals surface area contributed by atoms with E-state index in [1.54, 1.807) is 6.20 Å². The quantitative estimate of drug-likeness (QED) is 0.157. The maximum Gasteiger partial charge on any atom is 0.160 e. The van der Waals surface area contributed by atoms with Gasteiger partial charge in [-0.1, -0.05) is 176 Å². The van der Waals surface area contributed by atoms with Crippen LogP contribution in [0.2, 0.25) is 0 Å². The van der Waals surface area contributed by atoms with Gasteiger partial charge in [-0.15, -0.1) is 0 Å². The molecular formula is C61H37N3. The normalized spacial score (nSPS) is 11.8. The van der Waals surface area contributed by atoms with E-state index in [1.807, 2.05) is 30.5 Å². The SMILES string of the molecule is c1ccc(-c2nc(-c3ccc(-c4cccc(-c5cc6ccc7cccc8c9cccc%10ccc%11cccc(c(c5)c6c78)c%11c%109)c4)cc3)cc(-c3cccc(-c4cccnc4)c3)n2)cc1. The summed E-state index contributed by atoms with van der Waals surface area (Å²) >= 11 is 0. The van der Waals surface area contributed by atoms with Crippen LogP contribution in [0.4, 0.5) is 0 Å². The zero-order valence-corrected chi connectivity index (χ0v) is 34.7. The molecule has 0 bridgehead atoms. The summed E-state index contributed by atoms with van der Waals surface area (Å²) in [5.41, 5.74) is 11.6. The highest BCUT2D eigenvalue weighted by molar-refractivity contribution is 6.37. The Morgan fingerprint density at radius 3 is 1.38 bits per heavy atom. The molecule has 2 aromatic heterocycles. The summed E-state index contributed by atoms with van der Waals surface area (Å²) in [5.74, 6) is 0.693. The summed E-state index contributed by atoms with van der Waals surface area (Å²) in [5, 5.41) is 15.4. The van der Waals surface area contributed by atoms with Gasteiger partial charge in [0.05, 0.1) is 11.4 Å². The molecule has 0 aliphatic heterocycles. The van der Waals surface area contributed by atoms with Gasteiger partial charge in [0, 0.05) is 34.6 Å². The Kier molecular flexibility index (Phi) is 8.22. The van der Waals surface area contributed by atoms with Crippen molar-refractivity contribution in [2.24, 2.45) is 0 Å². The van der Waals surface area contributed by atoms with Gasteiger partial charge in [-0.25, -0.2) is 9.97 Å². The van der Waals surface area contributed by atoms with Gasteiger partial charge >= 0.3 is 0 Å². The van der Waals surface area contributed by atoms with Crippen molar-refractivity contribution in [1.29, 1.82) is 0 Å². The first-order valence-corrected chi connectivity index (χ1v) is 21.8. The smallest absolute Gasteiger partial charge is 0.160 e. The molecule has 0 saturated carbocycles. The minimum Gasteiger partial charge on any atom is -0.264 e. The number of hydrogen-bond donors (Lipinski definition) is 0. The minimum absolute atomic E-state index is 0.693. The molecule has 64 heavy (non-hydrogen) atoms. The third kappa shape index (κ3) is 5.94. The van der Waals surface area contributed by atoms with Crippen molar-refractivity contribution < 1.29 is 0 Å². The molecular weight excluding hydrogens is 775 g/mol. The summed E-state index contributed by atoms with van der Waals surface area (Å²) in [6.07, 6.45) is 3.70. The Balaban J connectivity index is 0.929. The molecule has 0 spiro atoms. The van der Waals surface area contributed by atoms with Crippen LogP contribution >= 0.6 is 0 Å². The third-order valence-electron chi connectivity index (χ3n) is 13.0. The van der Waals surface area contributed by atoms with Gasteiger partial charge in [0.1, 0.15) is 0 Å². The van der Waals surface area contributed by atoms with Crippen LogP contribution in [0.5, 0.6) is 0 Å². The Labute approximate surface area is 370 Å². The Morgan fingerprint density at radius 1 is 0.250 bits per heavy atom. The Bertz CT molecular complexity index is 3930. The van der Waals surface area contributed by atoms with Gasteiger partial charge in [-0.05, 0) is 129 Å². The Morgan fingerprint density at radius 2 is 0.734 bits per heavy atom. The lowest BCUT2D eigenvalue weighted by atomic mass is 9.86. The summed E-state index contributed by atoms with van der Waals surface area (Å²) < 4.78 is 0. The molecule has 3 nitrogen and oxygen atoms in total. The first-order valence-electron chi connectivity index (χ1n) is 21.8. The first-order chi connectivity index (χ1) is 31.7. The molecule has 3 heteroatoms. The average Bonchev–Trinajstić information content (AvgIpc) is 3.37. The van der Waals surface area contributed by atoms with Crippen LogP contribution in [0.1, 0.15) is 0 Å². The topological polar surface area (TPSA) is 38.7 Å². The van der Waals surface area contributed by atoms with E-state index in [9.17, 15) is 0 Å². The van der Waals surface area contributed by atoms with Gasteiger partial charge in [0.2, 0.25) is 0 Å². The summed E-state index contributed by atoms with van der Waals surface area (Å²) in [6.45, 7) is 0. The van der Waals surface area contributed by atoms with Crippen molar-refractivity contribution in [1.82, 2.24) is 15.0 Å². The van der Waals surface area contributed by atoms with Gasteiger partial charge in [0.15, 0.2) is 5.82 Å². The number of hydrogen-bond acceptors (Lipinski definition) is 3. The van der Waals surface area contributed by atoms with E-state index >= 15 is 0 Å². The number of rotatable bonds is 6. The van der Waals surface area contributed by atoms with E-state index < -0.39 is 0 Å². The van der Waals surface area contributed by atoms with E-state index in [0.717, 1.165) is 50.3 Å². The lowest BCUT2D eigenvalue weighted by molar-refractivity contribution is 1.18. The van der Waals surface area contributed by atoms with E-state index in [0.29, 0.717) is 5.82 Å². The molecule has 13 aromatic rings. The number of aromatic nitrogens is 3. The third-order valence-corrected chi connectivity index (χ3v) is 13.0. The molecule has 11 aromatic carbocycles. The van der Waals surface area contributed by atoms with Crippen LogP contribution in [0.25, 0.3) is 132 Å². The van der Waals surface area contributed by atoms with Crippen molar-refractivity contribution in [2.75, 3.05) is 0 Å². The van der Waals surface area contributed by atoms with Crippen molar-refractivity contribution in [3.63, 3.8) is 0 Å². The van der Waals surface area contributed by atoms with Crippen LogP contribution in [0.15, 0.2) is 225 Å². The van der Waals surface area contributed by atoms with E-state index in [-0.39, 0.29) is 0 Å². The summed E-state index contributed by atoms with van der Waals surface area (Å²) in [6, 6.07) is 77.0. The molecule has 0 unspecified atom stereocenters. The predicted molar refractivity (Wildman–Crippen MR) is 269 cm³/mol. The second-order valence-electron chi connectivity index (χ2n) is 16.8. The van der Waals surface area contributed by atoms with Gasteiger partial charge < -0.3 is 0 Å². The maximum atomic E-state index is 5.13. The summed E-state index contributed by atoms with van der Waals surface area (Å²) in [7, 11) is 0. The van der Waals surface area contributed by atoms with Gasteiger partial charge in [0.25, 0.3) is 0 Å². The second kappa shape index (κ2) is 14.5. The molecule has 0 saturated heterocycles. The van der Waals surface area contributed by atoms with Crippen LogP contribution in [-0.4, -0.2) is 15.0 Å². The largest absolute Gasteiger partial charge is 0.264 e. The highest BCUT2D eigenvalue weighted by atomic mass is 14.9. The fourth-order valence-corrected chi connectivity index (χ4v) is 10.0. The van der Waals surface area contributed by atoms with Crippen LogP contribution in [0, 0.1) is 0 Å². The van der Waals surface area contributed by atoms with E-state index in [2.05, 4.69) is 193 Å². The molecule has 0 atom stereocenters.